The van der Waals surface area contributed by atoms with Crippen molar-refractivity contribution >= 4 is 17.9 Å². The Kier molecular flexibility index (Phi) is 64.2. The molecule has 0 saturated carbocycles. The van der Waals surface area contributed by atoms with Crippen molar-refractivity contribution in [3.63, 3.8) is 0 Å². The minimum absolute atomic E-state index is 0.0827. The number of unbranched alkanes of at least 4 members (excludes halogenated alkanes) is 37. The van der Waals surface area contributed by atoms with Crippen LogP contribution in [0.5, 0.6) is 0 Å². The summed E-state index contributed by atoms with van der Waals surface area (Å²) < 4.78 is 17.0. The van der Waals surface area contributed by atoms with E-state index in [4.69, 9.17) is 14.2 Å². The van der Waals surface area contributed by atoms with Gasteiger partial charge in [-0.2, -0.15) is 0 Å². The fraction of sp³-hybridized carbons (Fsp3) is 0.767. The van der Waals surface area contributed by atoms with Crippen molar-refractivity contribution in [1.29, 1.82) is 0 Å². The summed E-state index contributed by atoms with van der Waals surface area (Å²) in [5, 5.41) is 0. The molecule has 0 amide bonds. The SMILES string of the molecule is CC/C=C\C/C=C\C/C=C\C/C=C\CCCCCCCCCCC(=O)OC(COC(=O)CCCCCCC/C=C\C/C=C\CCCCC)COC(=O)CCCCCCCCCCCCCCC/C=C\CCCCCCCCCC. The van der Waals surface area contributed by atoms with E-state index >= 15 is 0 Å². The Hall–Kier alpha value is -3.41. The van der Waals surface area contributed by atoms with Gasteiger partial charge in [0.05, 0.1) is 0 Å². The van der Waals surface area contributed by atoms with Crippen molar-refractivity contribution in [2.75, 3.05) is 13.2 Å². The summed E-state index contributed by atoms with van der Waals surface area (Å²) in [6.45, 7) is 6.52. The van der Waals surface area contributed by atoms with E-state index in [1.54, 1.807) is 0 Å². The molecule has 0 saturated heterocycles. The molecule has 0 fully saturated rings. The van der Waals surface area contributed by atoms with Crippen molar-refractivity contribution in [1.82, 2.24) is 0 Å². The molecule has 0 aromatic heterocycles. The fourth-order valence-electron chi connectivity index (χ4n) is 9.76. The maximum atomic E-state index is 12.9. The molecule has 0 rings (SSSR count). The highest BCUT2D eigenvalue weighted by Gasteiger charge is 2.19. The van der Waals surface area contributed by atoms with Crippen molar-refractivity contribution in [3.8, 4) is 0 Å². The Labute approximate surface area is 490 Å². The van der Waals surface area contributed by atoms with Gasteiger partial charge in [-0.25, -0.2) is 0 Å². The van der Waals surface area contributed by atoms with Gasteiger partial charge in [0.2, 0.25) is 0 Å². The Morgan fingerprint density at radius 2 is 0.494 bits per heavy atom. The number of hydrogen-bond acceptors (Lipinski definition) is 6. The van der Waals surface area contributed by atoms with E-state index < -0.39 is 6.10 Å². The van der Waals surface area contributed by atoms with Crippen LogP contribution in [0.2, 0.25) is 0 Å². The third-order valence-electron chi connectivity index (χ3n) is 14.9. The molecule has 0 spiro atoms. The summed E-state index contributed by atoms with van der Waals surface area (Å²) >= 11 is 0. The van der Waals surface area contributed by atoms with Crippen LogP contribution >= 0.6 is 0 Å². The van der Waals surface area contributed by atoms with E-state index in [2.05, 4.69) is 106 Å². The molecule has 6 heteroatoms. The van der Waals surface area contributed by atoms with Crippen LogP contribution in [0.25, 0.3) is 0 Å². The average molecular weight is 1100 g/mol. The predicted molar refractivity (Wildman–Crippen MR) is 344 cm³/mol. The summed E-state index contributed by atoms with van der Waals surface area (Å²) in [6, 6.07) is 0. The second-order valence-electron chi connectivity index (χ2n) is 22.7. The number of ether oxygens (including phenoxy) is 3. The number of carbonyl (C=O) groups excluding carboxylic acids is 3. The highest BCUT2D eigenvalue weighted by atomic mass is 16.6. The van der Waals surface area contributed by atoms with Crippen LogP contribution in [0.15, 0.2) is 85.1 Å². The smallest absolute Gasteiger partial charge is 0.306 e. The van der Waals surface area contributed by atoms with Gasteiger partial charge < -0.3 is 14.2 Å². The minimum atomic E-state index is -0.789. The van der Waals surface area contributed by atoms with Gasteiger partial charge in [-0.1, -0.05) is 292 Å². The second-order valence-corrected chi connectivity index (χ2v) is 22.7. The van der Waals surface area contributed by atoms with Crippen molar-refractivity contribution in [3.05, 3.63) is 85.1 Å². The van der Waals surface area contributed by atoms with Gasteiger partial charge in [0.15, 0.2) is 6.10 Å². The molecular weight excluding hydrogens is 973 g/mol. The molecule has 0 aliphatic heterocycles. The minimum Gasteiger partial charge on any atom is -0.462 e. The van der Waals surface area contributed by atoms with Gasteiger partial charge in [-0.3, -0.25) is 14.4 Å². The fourth-order valence-corrected chi connectivity index (χ4v) is 9.76. The monoisotopic (exact) mass is 1100 g/mol. The molecule has 0 radical (unpaired) electrons. The number of hydrogen-bond donors (Lipinski definition) is 0. The molecule has 0 aromatic carbocycles. The number of allylic oxidation sites excluding steroid dienone is 14. The Balaban J connectivity index is 4.33. The molecule has 79 heavy (non-hydrogen) atoms. The molecule has 456 valence electrons. The van der Waals surface area contributed by atoms with Crippen LogP contribution in [0.1, 0.15) is 342 Å². The maximum Gasteiger partial charge on any atom is 0.306 e. The molecule has 0 heterocycles. The molecule has 0 aromatic rings. The Bertz CT molecular complexity index is 1500. The van der Waals surface area contributed by atoms with Gasteiger partial charge in [0, 0.05) is 19.3 Å². The maximum absolute atomic E-state index is 12.9. The predicted octanol–water partition coefficient (Wildman–Crippen LogP) is 23.4. The summed E-state index contributed by atoms with van der Waals surface area (Å²) in [5.41, 5.74) is 0. The van der Waals surface area contributed by atoms with E-state index in [1.807, 2.05) is 0 Å². The van der Waals surface area contributed by atoms with E-state index in [-0.39, 0.29) is 31.1 Å². The van der Waals surface area contributed by atoms with Gasteiger partial charge in [0.1, 0.15) is 13.2 Å². The molecule has 1 atom stereocenters. The Morgan fingerprint density at radius 3 is 0.810 bits per heavy atom. The standard InChI is InChI=1S/C73H128O6/c1-4-7-10-13-16-19-22-25-28-30-32-34-35-36-37-39-40-42-45-48-51-54-57-60-63-66-72(75)78-69-70(68-77-71(74)65-62-59-56-53-50-47-44-27-24-21-18-15-12-9-6-3)79-73(76)67-64-61-58-55-52-49-46-43-41-38-33-31-29-26-23-20-17-14-11-8-5-2/h8,11,17-18,20-21,26-27,29-30,32-33,38,44,70H,4-7,9-10,12-16,19,22-25,28,31,34-37,39-43,45-69H2,1-3H3/b11-8-,20-17-,21-18-,29-26-,32-30-,38-33-,44-27-. The van der Waals surface area contributed by atoms with Crippen LogP contribution in [0.3, 0.4) is 0 Å². The molecular formula is C73H128O6. The van der Waals surface area contributed by atoms with Crippen LogP contribution < -0.4 is 0 Å². The van der Waals surface area contributed by atoms with Crippen molar-refractivity contribution in [2.45, 2.75) is 348 Å². The summed E-state index contributed by atoms with van der Waals surface area (Å²) in [5.74, 6) is -0.890. The zero-order valence-electron chi connectivity index (χ0n) is 52.4. The van der Waals surface area contributed by atoms with Crippen LogP contribution in [0, 0.1) is 0 Å². The lowest BCUT2D eigenvalue weighted by molar-refractivity contribution is -0.167. The third kappa shape index (κ3) is 65.3. The highest BCUT2D eigenvalue weighted by Crippen LogP contribution is 2.17. The van der Waals surface area contributed by atoms with Crippen molar-refractivity contribution in [2.24, 2.45) is 0 Å². The first-order valence-electron chi connectivity index (χ1n) is 34.1. The summed E-state index contributed by atoms with van der Waals surface area (Å²) in [4.78, 5) is 38.4. The first kappa shape index (κ1) is 75.6. The topological polar surface area (TPSA) is 78.9 Å². The normalized spacial score (nSPS) is 12.6. The van der Waals surface area contributed by atoms with Crippen LogP contribution in [-0.4, -0.2) is 37.2 Å². The lowest BCUT2D eigenvalue weighted by Gasteiger charge is -2.18. The summed E-state index contributed by atoms with van der Waals surface area (Å²) in [6.07, 6.45) is 88.8. The van der Waals surface area contributed by atoms with Crippen LogP contribution in [-0.2, 0) is 28.6 Å². The molecule has 1 unspecified atom stereocenters. The van der Waals surface area contributed by atoms with E-state index in [0.717, 1.165) is 109 Å². The quantitative estimate of drug-likeness (QED) is 0.0261. The average Bonchev–Trinajstić information content (AvgIpc) is 3.45. The lowest BCUT2D eigenvalue weighted by Crippen LogP contribution is -2.30. The second kappa shape index (κ2) is 67.1. The van der Waals surface area contributed by atoms with E-state index in [0.29, 0.717) is 19.3 Å². The van der Waals surface area contributed by atoms with Gasteiger partial charge in [-0.15, -0.1) is 0 Å². The molecule has 0 bridgehead atoms. The molecule has 0 aliphatic carbocycles. The number of carbonyl (C=O) groups is 3. The third-order valence-corrected chi connectivity index (χ3v) is 14.9. The molecule has 0 N–H and O–H groups in total. The zero-order valence-corrected chi connectivity index (χ0v) is 52.4. The molecule has 0 aliphatic rings. The first-order valence-corrected chi connectivity index (χ1v) is 34.1. The van der Waals surface area contributed by atoms with Crippen molar-refractivity contribution < 1.29 is 28.6 Å². The highest BCUT2D eigenvalue weighted by molar-refractivity contribution is 5.71. The number of rotatable bonds is 62. The molecule has 6 nitrogen and oxygen atoms in total. The van der Waals surface area contributed by atoms with Gasteiger partial charge in [0.25, 0.3) is 0 Å². The zero-order chi connectivity index (χ0) is 57.1. The van der Waals surface area contributed by atoms with Gasteiger partial charge in [-0.05, 0) is 116 Å². The van der Waals surface area contributed by atoms with Gasteiger partial charge >= 0.3 is 17.9 Å². The Morgan fingerprint density at radius 1 is 0.266 bits per heavy atom. The van der Waals surface area contributed by atoms with Crippen LogP contribution in [0.4, 0.5) is 0 Å². The summed E-state index contributed by atoms with van der Waals surface area (Å²) in [7, 11) is 0. The first-order chi connectivity index (χ1) is 39.0. The largest absolute Gasteiger partial charge is 0.462 e. The number of esters is 3. The lowest BCUT2D eigenvalue weighted by atomic mass is 10.0. The van der Waals surface area contributed by atoms with E-state index in [1.165, 1.54) is 193 Å². The van der Waals surface area contributed by atoms with E-state index in [9.17, 15) is 14.4 Å².